The molecule has 214 valence electrons. The average Bonchev–Trinajstić information content (AvgIpc) is 3.24. The monoisotopic (exact) mass is 579 g/mol. The largest absolute Gasteiger partial charge is 0.435 e. The van der Waals surface area contributed by atoms with Crippen LogP contribution < -0.4 is 10.6 Å². The molecule has 2 N–H and O–H groups in total. The molecule has 0 radical (unpaired) electrons. The molecule has 11 heteroatoms. The minimum atomic E-state index is -2.83. The molecule has 0 aliphatic carbocycles. The molecular weight excluding hydrogens is 531 g/mol. The van der Waals surface area contributed by atoms with Gasteiger partial charge in [0.2, 0.25) is 17.7 Å². The fraction of sp³-hybridized carbons (Fsp3) is 0.667. The molecule has 1 fully saturated rings. The van der Waals surface area contributed by atoms with E-state index in [4.69, 9.17) is 8.23 Å². The Morgan fingerprint density at radius 2 is 1.47 bits per heavy atom. The van der Waals surface area contributed by atoms with Gasteiger partial charge in [-0.15, -0.1) is 0 Å². The Morgan fingerprint density at radius 1 is 0.921 bits per heavy atom. The van der Waals surface area contributed by atoms with Crippen molar-refractivity contribution in [1.82, 2.24) is 15.5 Å². The molecule has 0 aromatic heterocycles. The molecule has 1 saturated heterocycles. The first kappa shape index (κ1) is 32.4. The van der Waals surface area contributed by atoms with Crippen molar-refractivity contribution in [3.63, 3.8) is 0 Å². The smallest absolute Gasteiger partial charge is 0.337 e. The topological polar surface area (TPSA) is 97.0 Å². The Labute approximate surface area is 232 Å². The van der Waals surface area contributed by atoms with Crippen molar-refractivity contribution in [2.75, 3.05) is 6.54 Å². The van der Waals surface area contributed by atoms with Crippen molar-refractivity contribution in [2.24, 2.45) is 5.92 Å². The van der Waals surface area contributed by atoms with Crippen molar-refractivity contribution in [3.05, 3.63) is 35.9 Å². The van der Waals surface area contributed by atoms with Gasteiger partial charge in [0, 0.05) is 6.54 Å². The lowest BCUT2D eigenvalue weighted by atomic mass is 10.1. The minimum Gasteiger partial charge on any atom is -0.435 e. The molecule has 1 aromatic rings. The summed E-state index contributed by atoms with van der Waals surface area (Å²) in [6.07, 6.45) is 1.54. The van der Waals surface area contributed by atoms with Gasteiger partial charge in [0.25, 0.3) is 0 Å². The van der Waals surface area contributed by atoms with Crippen LogP contribution in [0.25, 0.3) is 0 Å². The summed E-state index contributed by atoms with van der Waals surface area (Å²) in [5.74, 6) is -0.521. The normalized spacial score (nSPS) is 18.3. The van der Waals surface area contributed by atoms with E-state index < -0.39 is 37.3 Å². The molecule has 0 saturated carbocycles. The van der Waals surface area contributed by atoms with E-state index in [0.29, 0.717) is 13.0 Å². The minimum absolute atomic E-state index is 0.102. The van der Waals surface area contributed by atoms with E-state index in [-0.39, 0.29) is 35.7 Å². The van der Waals surface area contributed by atoms with Gasteiger partial charge in [-0.05, 0) is 77.1 Å². The quantitative estimate of drug-likeness (QED) is 0.362. The van der Waals surface area contributed by atoms with Crippen molar-refractivity contribution in [3.8, 4) is 0 Å². The highest BCUT2D eigenvalue weighted by Crippen LogP contribution is 2.28. The zero-order chi connectivity index (χ0) is 28.9. The summed E-state index contributed by atoms with van der Waals surface area (Å²) >= 11 is 0. The Bertz CT molecular complexity index is 947. The van der Waals surface area contributed by atoms with Crippen LogP contribution in [0.5, 0.6) is 0 Å². The maximum absolute atomic E-state index is 13.7. The number of amides is 3. The Kier molecular flexibility index (Phi) is 11.1. The molecule has 8 nitrogen and oxygen atoms in total. The highest BCUT2D eigenvalue weighted by atomic mass is 28.5. The summed E-state index contributed by atoms with van der Waals surface area (Å²) in [4.78, 5) is 41.2. The van der Waals surface area contributed by atoms with Crippen molar-refractivity contribution >= 4 is 42.9 Å². The third kappa shape index (κ3) is 9.74. The van der Waals surface area contributed by atoms with Crippen LogP contribution in [0.3, 0.4) is 0 Å². The number of benzene rings is 1. The number of likely N-dealkylation sites (tertiary alicyclic amines) is 1. The molecule has 3 atom stereocenters. The third-order valence-electron chi connectivity index (χ3n) is 6.34. The number of carbonyl (C=O) groups excluding carboxylic acids is 3. The third-order valence-corrected chi connectivity index (χ3v) is 16.4. The highest BCUT2D eigenvalue weighted by molar-refractivity contribution is 6.88. The van der Waals surface area contributed by atoms with Crippen LogP contribution in [0.4, 0.5) is 0 Å². The Balaban J connectivity index is 2.15. The van der Waals surface area contributed by atoms with Crippen molar-refractivity contribution in [2.45, 2.75) is 104 Å². The number of nitrogens with zero attached hydrogens (tertiary/aromatic N) is 1. The van der Waals surface area contributed by atoms with Gasteiger partial charge in [0.15, 0.2) is 16.6 Å². The van der Waals surface area contributed by atoms with Gasteiger partial charge < -0.3 is 23.8 Å². The number of carbonyl (C=O) groups is 3. The maximum atomic E-state index is 13.7. The molecule has 0 bridgehead atoms. The van der Waals surface area contributed by atoms with Gasteiger partial charge in [-0.1, -0.05) is 44.2 Å². The summed E-state index contributed by atoms with van der Waals surface area (Å²) in [5, 5.41) is 6.09. The predicted octanol–water partition coefficient (Wildman–Crippen LogP) is 4.18. The van der Waals surface area contributed by atoms with Crippen molar-refractivity contribution < 1.29 is 22.6 Å². The van der Waals surface area contributed by atoms with Gasteiger partial charge in [-0.3, -0.25) is 14.4 Å². The molecule has 1 aromatic carbocycles. The summed E-state index contributed by atoms with van der Waals surface area (Å²) in [7, 11) is -6.77. The van der Waals surface area contributed by atoms with Crippen LogP contribution in [0.2, 0.25) is 45.8 Å². The first-order valence-corrected chi connectivity index (χ1v) is 23.0. The van der Waals surface area contributed by atoms with E-state index in [9.17, 15) is 14.4 Å². The zero-order valence-electron chi connectivity index (χ0n) is 25.0. The molecule has 1 aliphatic heterocycles. The van der Waals surface area contributed by atoms with Crippen LogP contribution in [-0.4, -0.2) is 72.1 Å². The second-order valence-electron chi connectivity index (χ2n) is 12.8. The fourth-order valence-corrected chi connectivity index (χ4v) is 18.1. The summed E-state index contributed by atoms with van der Waals surface area (Å²) in [6, 6.07) is 8.13. The first-order valence-electron chi connectivity index (χ1n) is 13.8. The van der Waals surface area contributed by atoms with E-state index in [2.05, 4.69) is 70.3 Å². The molecule has 1 aliphatic rings. The lowest BCUT2D eigenvalue weighted by Crippen LogP contribution is -2.68. The molecular formula is C27H49N3O5Si3. The second-order valence-corrected chi connectivity index (χ2v) is 25.6. The van der Waals surface area contributed by atoms with Gasteiger partial charge in [-0.25, -0.2) is 0 Å². The zero-order valence-corrected chi connectivity index (χ0v) is 28.0. The van der Waals surface area contributed by atoms with Crippen LogP contribution in [0, 0.1) is 5.92 Å². The summed E-state index contributed by atoms with van der Waals surface area (Å²) < 4.78 is 13.5. The highest BCUT2D eigenvalue weighted by Gasteiger charge is 2.50. The van der Waals surface area contributed by atoms with E-state index in [1.54, 1.807) is 11.8 Å². The van der Waals surface area contributed by atoms with E-state index >= 15 is 0 Å². The number of hydrogen-bond donors (Lipinski definition) is 2. The maximum Gasteiger partial charge on any atom is 0.337 e. The van der Waals surface area contributed by atoms with Gasteiger partial charge >= 0.3 is 8.56 Å². The number of nitrogens with one attached hydrogen (secondary N) is 2. The van der Waals surface area contributed by atoms with Crippen LogP contribution in [0.15, 0.2) is 30.3 Å². The van der Waals surface area contributed by atoms with Crippen molar-refractivity contribution in [1.29, 1.82) is 0 Å². The number of hydrogen-bond acceptors (Lipinski definition) is 5. The molecule has 2 rings (SSSR count). The average molecular weight is 580 g/mol. The van der Waals surface area contributed by atoms with Gasteiger partial charge in [-0.2, -0.15) is 0 Å². The van der Waals surface area contributed by atoms with E-state index in [0.717, 1.165) is 12.0 Å². The fourth-order valence-electron chi connectivity index (χ4n) is 5.20. The summed E-state index contributed by atoms with van der Waals surface area (Å²) in [5.41, 5.74) is 0.630. The first-order chi connectivity index (χ1) is 17.4. The van der Waals surface area contributed by atoms with Gasteiger partial charge in [0.1, 0.15) is 12.1 Å². The molecule has 0 spiro atoms. The number of rotatable bonds is 12. The van der Waals surface area contributed by atoms with Crippen LogP contribution in [0.1, 0.15) is 39.2 Å². The lowest BCUT2D eigenvalue weighted by Gasteiger charge is -2.45. The molecule has 38 heavy (non-hydrogen) atoms. The molecule has 0 unspecified atom stereocenters. The Morgan fingerprint density at radius 3 is 1.97 bits per heavy atom. The standard InChI is InChI=1S/C27H49N3O5Si3/c1-20(2)26(38(10,34-36(4,5)6)35-37(7,8)9)29-25(32)23-17-14-18-30(23)27(33)21(3)28-24(31)19-22-15-12-11-13-16-22/h11-13,15-16,20-21,23,26H,14,17-19H2,1-10H3,(H,28,31)(H,29,32)/t21-,23-,26+/m0/s1. The predicted molar refractivity (Wildman–Crippen MR) is 160 cm³/mol. The second kappa shape index (κ2) is 13.0. The van der Waals surface area contributed by atoms with Crippen LogP contribution >= 0.6 is 0 Å². The van der Waals surface area contributed by atoms with Gasteiger partial charge in [0.05, 0.1) is 12.1 Å². The van der Waals surface area contributed by atoms with E-state index in [1.165, 1.54) is 0 Å². The lowest BCUT2D eigenvalue weighted by molar-refractivity contribution is -0.141. The van der Waals surface area contributed by atoms with E-state index in [1.807, 2.05) is 30.3 Å². The Hall–Kier alpha value is -1.80. The summed E-state index contributed by atoms with van der Waals surface area (Å²) in [6.45, 7) is 21.3. The SMILES string of the molecule is CC(C)[C@H](NC(=O)[C@@H]1CCCN1C(=O)[C@H](C)NC(=O)Cc1ccccc1)[Si](C)(O[Si](C)(C)C)O[Si](C)(C)C. The van der Waals surface area contributed by atoms with Crippen LogP contribution in [-0.2, 0) is 29.0 Å². The molecule has 1 heterocycles. The molecule has 3 amide bonds.